The van der Waals surface area contributed by atoms with Gasteiger partial charge >= 0.3 is 6.18 Å². The average molecular weight is 360 g/mol. The third kappa shape index (κ3) is 2.64. The number of para-hydroxylation sites is 1. The fourth-order valence-corrected chi connectivity index (χ4v) is 3.64. The average Bonchev–Trinajstić information content (AvgIpc) is 3.15. The summed E-state index contributed by atoms with van der Waals surface area (Å²) < 4.78 is 38.8. The SMILES string of the molecule is O=C1C[C@H](N2CCc3ccccc32)C(=O)N1c1cccc(C(F)(F)F)c1. The predicted octanol–water partition coefficient (Wildman–Crippen LogP) is 3.40. The number of hydrogen-bond donors (Lipinski definition) is 0. The van der Waals surface area contributed by atoms with Crippen molar-refractivity contribution in [1.29, 1.82) is 0 Å². The van der Waals surface area contributed by atoms with E-state index in [1.54, 1.807) is 0 Å². The van der Waals surface area contributed by atoms with E-state index in [1.807, 2.05) is 29.2 Å². The molecule has 0 aliphatic carbocycles. The number of benzene rings is 2. The van der Waals surface area contributed by atoms with Gasteiger partial charge in [0.1, 0.15) is 6.04 Å². The van der Waals surface area contributed by atoms with E-state index < -0.39 is 29.6 Å². The molecule has 2 aromatic rings. The highest BCUT2D eigenvalue weighted by atomic mass is 19.4. The van der Waals surface area contributed by atoms with Gasteiger partial charge in [0.2, 0.25) is 5.91 Å². The molecule has 2 aromatic carbocycles. The first kappa shape index (κ1) is 16.6. The number of anilines is 2. The predicted molar refractivity (Wildman–Crippen MR) is 89.8 cm³/mol. The summed E-state index contributed by atoms with van der Waals surface area (Å²) in [4.78, 5) is 28.0. The first-order valence-corrected chi connectivity index (χ1v) is 8.25. The Morgan fingerprint density at radius 2 is 1.77 bits per heavy atom. The normalized spacial score (nSPS) is 20.0. The minimum absolute atomic E-state index is 0.0372. The Labute approximate surface area is 147 Å². The second kappa shape index (κ2) is 5.86. The molecule has 0 saturated carbocycles. The van der Waals surface area contributed by atoms with Crippen LogP contribution < -0.4 is 9.80 Å². The van der Waals surface area contributed by atoms with Crippen LogP contribution >= 0.6 is 0 Å². The van der Waals surface area contributed by atoms with Crippen molar-refractivity contribution in [3.05, 3.63) is 59.7 Å². The second-order valence-electron chi connectivity index (χ2n) is 6.41. The Bertz CT molecular complexity index is 894. The third-order valence-electron chi connectivity index (χ3n) is 4.85. The molecule has 7 heteroatoms. The zero-order valence-electron chi connectivity index (χ0n) is 13.7. The van der Waals surface area contributed by atoms with Crippen LogP contribution in [0.25, 0.3) is 0 Å². The molecule has 26 heavy (non-hydrogen) atoms. The lowest BCUT2D eigenvalue weighted by Gasteiger charge is -2.25. The van der Waals surface area contributed by atoms with Crippen LogP contribution in [0.2, 0.25) is 0 Å². The molecule has 0 spiro atoms. The molecule has 2 aliphatic rings. The lowest BCUT2D eigenvalue weighted by molar-refractivity contribution is -0.137. The van der Waals surface area contributed by atoms with Crippen molar-refractivity contribution in [2.24, 2.45) is 0 Å². The Kier molecular flexibility index (Phi) is 3.75. The van der Waals surface area contributed by atoms with Crippen molar-refractivity contribution < 1.29 is 22.8 Å². The second-order valence-corrected chi connectivity index (χ2v) is 6.41. The summed E-state index contributed by atoms with van der Waals surface area (Å²) >= 11 is 0. The van der Waals surface area contributed by atoms with E-state index in [4.69, 9.17) is 0 Å². The van der Waals surface area contributed by atoms with Crippen molar-refractivity contribution in [3.63, 3.8) is 0 Å². The topological polar surface area (TPSA) is 40.6 Å². The van der Waals surface area contributed by atoms with Gasteiger partial charge in [-0.05, 0) is 36.2 Å². The van der Waals surface area contributed by atoms with Gasteiger partial charge < -0.3 is 4.90 Å². The molecule has 1 atom stereocenters. The van der Waals surface area contributed by atoms with Crippen molar-refractivity contribution in [1.82, 2.24) is 0 Å². The monoisotopic (exact) mass is 360 g/mol. The highest BCUT2D eigenvalue weighted by Crippen LogP contribution is 2.36. The molecule has 1 saturated heterocycles. The number of carbonyl (C=O) groups excluding carboxylic acids is 2. The summed E-state index contributed by atoms with van der Waals surface area (Å²) in [7, 11) is 0. The van der Waals surface area contributed by atoms with Crippen LogP contribution in [0.1, 0.15) is 17.5 Å². The van der Waals surface area contributed by atoms with Crippen LogP contribution in [-0.2, 0) is 22.2 Å². The molecule has 2 aliphatic heterocycles. The maximum atomic E-state index is 12.9. The summed E-state index contributed by atoms with van der Waals surface area (Å²) in [5.74, 6) is -0.963. The summed E-state index contributed by atoms with van der Waals surface area (Å²) in [6.07, 6.45) is -3.80. The molecule has 134 valence electrons. The van der Waals surface area contributed by atoms with Crippen molar-refractivity contribution in [2.75, 3.05) is 16.3 Å². The lowest BCUT2D eigenvalue weighted by Crippen LogP contribution is -2.41. The number of halogens is 3. The number of fused-ring (bicyclic) bond motifs is 1. The van der Waals surface area contributed by atoms with Gasteiger partial charge in [-0.2, -0.15) is 13.2 Å². The number of rotatable bonds is 2. The fraction of sp³-hybridized carbons (Fsp3) is 0.263. The summed E-state index contributed by atoms with van der Waals surface area (Å²) in [5.41, 5.74) is 1.09. The Morgan fingerprint density at radius 1 is 1.00 bits per heavy atom. The zero-order chi connectivity index (χ0) is 18.5. The number of hydrogen-bond acceptors (Lipinski definition) is 3. The van der Waals surface area contributed by atoms with Crippen molar-refractivity contribution in [2.45, 2.75) is 25.1 Å². The molecule has 1 fully saturated rings. The van der Waals surface area contributed by atoms with Crippen LogP contribution in [0.5, 0.6) is 0 Å². The van der Waals surface area contributed by atoms with Crippen LogP contribution in [0.4, 0.5) is 24.5 Å². The van der Waals surface area contributed by atoms with E-state index in [0.717, 1.165) is 34.7 Å². The van der Waals surface area contributed by atoms with E-state index in [1.165, 1.54) is 12.1 Å². The molecule has 0 N–H and O–H groups in total. The number of amides is 2. The minimum Gasteiger partial charge on any atom is -0.359 e. The molecule has 4 nitrogen and oxygen atoms in total. The van der Waals surface area contributed by atoms with E-state index in [9.17, 15) is 22.8 Å². The Morgan fingerprint density at radius 3 is 2.54 bits per heavy atom. The highest BCUT2D eigenvalue weighted by Gasteiger charge is 2.44. The van der Waals surface area contributed by atoms with Crippen LogP contribution in [0.3, 0.4) is 0 Å². The van der Waals surface area contributed by atoms with Gasteiger partial charge in [0.05, 0.1) is 17.7 Å². The lowest BCUT2D eigenvalue weighted by atomic mass is 10.1. The quantitative estimate of drug-likeness (QED) is 0.771. The number of imide groups is 1. The van der Waals surface area contributed by atoms with Crippen LogP contribution in [0.15, 0.2) is 48.5 Å². The van der Waals surface area contributed by atoms with Crippen LogP contribution in [-0.4, -0.2) is 24.4 Å². The van der Waals surface area contributed by atoms with Crippen molar-refractivity contribution in [3.8, 4) is 0 Å². The number of alkyl halides is 3. The van der Waals surface area contributed by atoms with Gasteiger partial charge in [-0.3, -0.25) is 9.59 Å². The smallest absolute Gasteiger partial charge is 0.359 e. The standard InChI is InChI=1S/C19H15F3N2O2/c20-19(21,22)13-5-3-6-14(10-13)24-17(25)11-16(18(24)26)23-9-8-12-4-1-2-7-15(12)23/h1-7,10,16H,8-9,11H2/t16-/m0/s1. The largest absolute Gasteiger partial charge is 0.416 e. The van der Waals surface area contributed by atoms with E-state index in [0.29, 0.717) is 6.54 Å². The minimum atomic E-state index is -4.53. The van der Waals surface area contributed by atoms with E-state index in [-0.39, 0.29) is 12.1 Å². The molecule has 2 amide bonds. The molecule has 4 rings (SSSR count). The van der Waals surface area contributed by atoms with Gasteiger partial charge in [-0.1, -0.05) is 24.3 Å². The summed E-state index contributed by atoms with van der Waals surface area (Å²) in [6.45, 7) is 0.611. The maximum absolute atomic E-state index is 12.9. The molecule has 2 heterocycles. The van der Waals surface area contributed by atoms with E-state index >= 15 is 0 Å². The first-order chi connectivity index (χ1) is 12.4. The van der Waals surface area contributed by atoms with Gasteiger partial charge in [0, 0.05) is 12.2 Å². The molecule has 0 unspecified atom stereocenters. The molecular formula is C19H15F3N2O2. The Balaban J connectivity index is 1.65. The van der Waals surface area contributed by atoms with Gasteiger partial charge in [-0.25, -0.2) is 4.90 Å². The maximum Gasteiger partial charge on any atom is 0.416 e. The number of carbonyl (C=O) groups is 2. The Hall–Kier alpha value is -2.83. The molecule has 0 radical (unpaired) electrons. The van der Waals surface area contributed by atoms with Gasteiger partial charge in [-0.15, -0.1) is 0 Å². The van der Waals surface area contributed by atoms with E-state index in [2.05, 4.69) is 0 Å². The van der Waals surface area contributed by atoms with Gasteiger partial charge in [0.15, 0.2) is 0 Å². The summed E-state index contributed by atoms with van der Waals surface area (Å²) in [6, 6.07) is 11.3. The fourth-order valence-electron chi connectivity index (χ4n) is 3.64. The zero-order valence-corrected chi connectivity index (χ0v) is 13.7. The van der Waals surface area contributed by atoms with Gasteiger partial charge in [0.25, 0.3) is 5.91 Å². The van der Waals surface area contributed by atoms with Crippen LogP contribution in [0, 0.1) is 0 Å². The first-order valence-electron chi connectivity index (χ1n) is 8.25. The highest BCUT2D eigenvalue weighted by molar-refractivity contribution is 6.23. The summed E-state index contributed by atoms with van der Waals surface area (Å²) in [5, 5.41) is 0. The molecular weight excluding hydrogens is 345 g/mol. The molecule has 0 bridgehead atoms. The van der Waals surface area contributed by atoms with Crippen molar-refractivity contribution >= 4 is 23.2 Å². The third-order valence-corrected chi connectivity index (χ3v) is 4.85. The number of nitrogens with zero attached hydrogens (tertiary/aromatic N) is 2. The molecule has 0 aromatic heterocycles.